The van der Waals surface area contributed by atoms with Crippen molar-refractivity contribution in [3.05, 3.63) is 23.7 Å². The minimum absolute atomic E-state index is 0.0314. The summed E-state index contributed by atoms with van der Waals surface area (Å²) in [5, 5.41) is 9.17. The quantitative estimate of drug-likeness (QED) is 0.774. The van der Waals surface area contributed by atoms with Gasteiger partial charge in [0.05, 0.1) is 11.6 Å². The number of aryl methyl sites for hydroxylation is 2. The Bertz CT molecular complexity index is 606. The summed E-state index contributed by atoms with van der Waals surface area (Å²) >= 11 is 0. The number of amides is 3. The van der Waals surface area contributed by atoms with Gasteiger partial charge in [-0.3, -0.25) is 4.79 Å². The van der Waals surface area contributed by atoms with Gasteiger partial charge in [0.25, 0.3) is 0 Å². The van der Waals surface area contributed by atoms with Crippen LogP contribution in [-0.2, 0) is 11.2 Å². The third kappa shape index (κ3) is 3.74. The molecule has 6 heteroatoms. The molecule has 3 amide bonds. The van der Waals surface area contributed by atoms with Crippen molar-refractivity contribution in [1.29, 1.82) is 0 Å². The van der Waals surface area contributed by atoms with Gasteiger partial charge in [-0.1, -0.05) is 0 Å². The Morgan fingerprint density at radius 3 is 2.88 bits per heavy atom. The summed E-state index contributed by atoms with van der Waals surface area (Å²) in [6.45, 7) is 3.93. The molecule has 1 spiro atoms. The standard InChI is InChI=1S/C18H27N3O3/c1-12(4-6-14-7-5-13(2)24-14)19-17(23)20-15-8-9-16(22)21-18(15)10-3-11-18/h5,7,12,15H,3-4,6,8-11H2,1-2H3,(H,21,22)(H2,19,20,23)/t12-,15+/m0/s1. The Morgan fingerprint density at radius 1 is 1.46 bits per heavy atom. The van der Waals surface area contributed by atoms with Crippen LogP contribution in [0.2, 0.25) is 0 Å². The predicted molar refractivity (Wildman–Crippen MR) is 90.6 cm³/mol. The van der Waals surface area contributed by atoms with Crippen LogP contribution >= 0.6 is 0 Å². The molecule has 1 aromatic heterocycles. The Kier molecular flexibility index (Phi) is 4.83. The first kappa shape index (κ1) is 16.9. The van der Waals surface area contributed by atoms with Crippen molar-refractivity contribution < 1.29 is 14.0 Å². The summed E-state index contributed by atoms with van der Waals surface area (Å²) in [5.41, 5.74) is -0.207. The first-order valence-electron chi connectivity index (χ1n) is 8.90. The molecular weight excluding hydrogens is 306 g/mol. The highest BCUT2D eigenvalue weighted by atomic mass is 16.3. The lowest BCUT2D eigenvalue weighted by atomic mass is 9.68. The van der Waals surface area contributed by atoms with E-state index in [1.807, 2.05) is 26.0 Å². The largest absolute Gasteiger partial charge is 0.466 e. The van der Waals surface area contributed by atoms with Crippen molar-refractivity contribution in [3.8, 4) is 0 Å². The van der Waals surface area contributed by atoms with Crippen LogP contribution in [-0.4, -0.2) is 29.6 Å². The highest BCUT2D eigenvalue weighted by molar-refractivity contribution is 5.80. The number of urea groups is 1. The topological polar surface area (TPSA) is 83.4 Å². The van der Waals surface area contributed by atoms with E-state index in [1.54, 1.807) is 0 Å². The number of furan rings is 1. The van der Waals surface area contributed by atoms with Crippen LogP contribution in [0, 0.1) is 6.92 Å². The number of rotatable bonds is 5. The number of hydrogen-bond acceptors (Lipinski definition) is 3. The molecule has 1 saturated heterocycles. The van der Waals surface area contributed by atoms with Gasteiger partial charge in [0.2, 0.25) is 5.91 Å². The molecule has 2 fully saturated rings. The number of nitrogens with one attached hydrogen (secondary N) is 3. The monoisotopic (exact) mass is 333 g/mol. The van der Waals surface area contributed by atoms with Gasteiger partial charge in [0.1, 0.15) is 11.5 Å². The highest BCUT2D eigenvalue weighted by Crippen LogP contribution is 2.38. The van der Waals surface area contributed by atoms with E-state index in [0.717, 1.165) is 50.0 Å². The van der Waals surface area contributed by atoms with E-state index in [2.05, 4.69) is 16.0 Å². The Balaban J connectivity index is 1.45. The van der Waals surface area contributed by atoms with Crippen molar-refractivity contribution in [2.75, 3.05) is 0 Å². The zero-order valence-electron chi connectivity index (χ0n) is 14.5. The summed E-state index contributed by atoms with van der Waals surface area (Å²) in [4.78, 5) is 23.9. The van der Waals surface area contributed by atoms with Gasteiger partial charge in [-0.15, -0.1) is 0 Å². The van der Waals surface area contributed by atoms with Crippen molar-refractivity contribution in [1.82, 2.24) is 16.0 Å². The van der Waals surface area contributed by atoms with E-state index in [4.69, 9.17) is 4.42 Å². The average molecular weight is 333 g/mol. The fourth-order valence-electron chi connectivity index (χ4n) is 3.69. The SMILES string of the molecule is Cc1ccc(CC[C@H](C)NC(=O)N[C@@H]2CCC(=O)NC23CCC3)o1. The van der Waals surface area contributed by atoms with Crippen molar-refractivity contribution in [3.63, 3.8) is 0 Å². The first-order chi connectivity index (χ1) is 11.5. The molecule has 1 aromatic rings. The molecule has 0 bridgehead atoms. The van der Waals surface area contributed by atoms with Crippen LogP contribution in [0.5, 0.6) is 0 Å². The lowest BCUT2D eigenvalue weighted by Crippen LogP contribution is -2.69. The maximum atomic E-state index is 12.3. The number of hydrogen-bond donors (Lipinski definition) is 3. The zero-order valence-corrected chi connectivity index (χ0v) is 14.5. The second-order valence-electron chi connectivity index (χ2n) is 7.22. The minimum atomic E-state index is -0.207. The summed E-state index contributed by atoms with van der Waals surface area (Å²) in [7, 11) is 0. The minimum Gasteiger partial charge on any atom is -0.466 e. The molecule has 2 heterocycles. The fraction of sp³-hybridized carbons (Fsp3) is 0.667. The van der Waals surface area contributed by atoms with E-state index >= 15 is 0 Å². The van der Waals surface area contributed by atoms with Crippen LogP contribution in [0.15, 0.2) is 16.5 Å². The molecule has 2 aliphatic rings. The maximum Gasteiger partial charge on any atom is 0.315 e. The van der Waals surface area contributed by atoms with Crippen LogP contribution < -0.4 is 16.0 Å². The summed E-state index contributed by atoms with van der Waals surface area (Å²) in [5.74, 6) is 1.97. The third-order valence-corrected chi connectivity index (χ3v) is 5.26. The summed E-state index contributed by atoms with van der Waals surface area (Å²) in [6, 6.07) is 3.88. The molecule has 1 aliphatic carbocycles. The molecule has 6 nitrogen and oxygen atoms in total. The van der Waals surface area contributed by atoms with Gasteiger partial charge in [0, 0.05) is 18.9 Å². The maximum absolute atomic E-state index is 12.3. The predicted octanol–water partition coefficient (Wildman–Crippen LogP) is 2.41. The zero-order chi connectivity index (χ0) is 17.2. The van der Waals surface area contributed by atoms with Gasteiger partial charge < -0.3 is 20.4 Å². The molecule has 24 heavy (non-hydrogen) atoms. The van der Waals surface area contributed by atoms with Gasteiger partial charge in [0.15, 0.2) is 0 Å². The van der Waals surface area contributed by atoms with E-state index in [9.17, 15) is 9.59 Å². The van der Waals surface area contributed by atoms with Crippen LogP contribution in [0.1, 0.15) is 57.0 Å². The highest BCUT2D eigenvalue weighted by Gasteiger charge is 2.48. The molecule has 3 rings (SSSR count). The van der Waals surface area contributed by atoms with E-state index < -0.39 is 0 Å². The Morgan fingerprint density at radius 2 is 2.25 bits per heavy atom. The third-order valence-electron chi connectivity index (χ3n) is 5.26. The smallest absolute Gasteiger partial charge is 0.315 e. The molecule has 132 valence electrons. The second kappa shape index (κ2) is 6.87. The number of piperidine rings is 1. The van der Waals surface area contributed by atoms with E-state index in [-0.39, 0.29) is 29.6 Å². The number of carbonyl (C=O) groups excluding carboxylic acids is 2. The van der Waals surface area contributed by atoms with Gasteiger partial charge >= 0.3 is 6.03 Å². The lowest BCUT2D eigenvalue weighted by Gasteiger charge is -2.50. The van der Waals surface area contributed by atoms with Crippen molar-refractivity contribution >= 4 is 11.9 Å². The number of carbonyl (C=O) groups is 2. The average Bonchev–Trinajstić information content (AvgIpc) is 2.91. The molecule has 2 atom stereocenters. The van der Waals surface area contributed by atoms with Gasteiger partial charge in [-0.25, -0.2) is 4.79 Å². The van der Waals surface area contributed by atoms with Crippen molar-refractivity contribution in [2.45, 2.75) is 76.4 Å². The Hall–Kier alpha value is -1.98. The summed E-state index contributed by atoms with van der Waals surface area (Å²) in [6.07, 6.45) is 5.86. The van der Waals surface area contributed by atoms with Crippen molar-refractivity contribution in [2.24, 2.45) is 0 Å². The molecule has 1 aliphatic heterocycles. The lowest BCUT2D eigenvalue weighted by molar-refractivity contribution is -0.127. The molecule has 0 aromatic carbocycles. The molecule has 1 saturated carbocycles. The summed E-state index contributed by atoms with van der Waals surface area (Å²) < 4.78 is 5.55. The van der Waals surface area contributed by atoms with Gasteiger partial charge in [-0.05, 0) is 58.1 Å². The second-order valence-corrected chi connectivity index (χ2v) is 7.22. The van der Waals surface area contributed by atoms with E-state index in [1.165, 1.54) is 0 Å². The van der Waals surface area contributed by atoms with Crippen LogP contribution in [0.25, 0.3) is 0 Å². The first-order valence-corrected chi connectivity index (χ1v) is 8.90. The Labute approximate surface area is 142 Å². The van der Waals surface area contributed by atoms with Gasteiger partial charge in [-0.2, -0.15) is 0 Å². The van der Waals surface area contributed by atoms with E-state index in [0.29, 0.717) is 6.42 Å². The molecule has 0 unspecified atom stereocenters. The molecule has 0 radical (unpaired) electrons. The normalized spacial score (nSPS) is 23.2. The fourth-order valence-corrected chi connectivity index (χ4v) is 3.69. The van der Waals surface area contributed by atoms with Crippen LogP contribution in [0.4, 0.5) is 4.79 Å². The van der Waals surface area contributed by atoms with Crippen LogP contribution in [0.3, 0.4) is 0 Å². The molecule has 3 N–H and O–H groups in total. The molecular formula is C18H27N3O3.